The third-order valence-electron chi connectivity index (χ3n) is 7.27. The number of carbonyl (C=O) groups excluding carboxylic acids is 2. The van der Waals surface area contributed by atoms with E-state index in [-0.39, 0.29) is 12.2 Å². The molecule has 1 aliphatic heterocycles. The van der Waals surface area contributed by atoms with Crippen LogP contribution in [0.15, 0.2) is 99.7 Å². The lowest BCUT2D eigenvalue weighted by Crippen LogP contribution is -2.45. The van der Waals surface area contributed by atoms with Crippen molar-refractivity contribution in [3.05, 3.63) is 111 Å². The largest absolute Gasteiger partial charge is 0.490 e. The quantitative estimate of drug-likeness (QED) is 0.0602. The molecule has 0 radical (unpaired) electrons. The van der Waals surface area contributed by atoms with Crippen molar-refractivity contribution in [3.8, 4) is 17.2 Å². The van der Waals surface area contributed by atoms with Crippen LogP contribution in [0.25, 0.3) is 10.8 Å². The molecule has 4 aromatic carbocycles. The summed E-state index contributed by atoms with van der Waals surface area (Å²) < 4.78 is 23.3. The lowest BCUT2D eigenvalue weighted by molar-refractivity contribution is -0.136. The highest BCUT2D eigenvalue weighted by molar-refractivity contribution is 9.10. The van der Waals surface area contributed by atoms with Gasteiger partial charge in [0.15, 0.2) is 17.7 Å². The van der Waals surface area contributed by atoms with Crippen LogP contribution in [0.5, 0.6) is 17.2 Å². The van der Waals surface area contributed by atoms with Crippen LogP contribution in [0.4, 0.5) is 4.79 Å². The number of carbonyl (C=O) groups is 2. The summed E-state index contributed by atoms with van der Waals surface area (Å²) in [5.41, 5.74) is 5.76. The van der Waals surface area contributed by atoms with Crippen LogP contribution in [0, 0.1) is 0 Å². The number of hydrogen-bond acceptors (Lipinski definition) is 9. The van der Waals surface area contributed by atoms with Crippen molar-refractivity contribution in [1.82, 2.24) is 16.1 Å². The minimum atomic E-state index is -1.13. The van der Waals surface area contributed by atoms with Crippen LogP contribution < -0.4 is 30.3 Å². The molecular weight excluding hydrogens is 668 g/mol. The number of methoxy groups -OCH3 is 1. The van der Waals surface area contributed by atoms with Crippen molar-refractivity contribution in [2.75, 3.05) is 20.3 Å². The Bertz CT molecular complexity index is 1830. The van der Waals surface area contributed by atoms with Gasteiger partial charge < -0.3 is 34.7 Å². The number of benzene rings is 4. The molecular formula is C35H35BrN4O7. The number of nitrogens with one attached hydrogen (secondary N) is 3. The Labute approximate surface area is 280 Å². The molecule has 11 nitrogen and oxygen atoms in total. The maximum atomic E-state index is 12.5. The summed E-state index contributed by atoms with van der Waals surface area (Å²) in [7, 11) is 1.28. The van der Waals surface area contributed by atoms with Gasteiger partial charge in [-0.1, -0.05) is 42.5 Å². The predicted molar refractivity (Wildman–Crippen MR) is 181 cm³/mol. The number of allylic oxidation sites excluding steroid dienone is 1. The van der Waals surface area contributed by atoms with E-state index in [4.69, 9.17) is 18.9 Å². The summed E-state index contributed by atoms with van der Waals surface area (Å²) >= 11 is 3.56. The van der Waals surface area contributed by atoms with Crippen molar-refractivity contribution in [3.63, 3.8) is 0 Å². The van der Waals surface area contributed by atoms with Crippen molar-refractivity contribution in [1.29, 1.82) is 0 Å². The van der Waals surface area contributed by atoms with Crippen molar-refractivity contribution < 1.29 is 33.6 Å². The van der Waals surface area contributed by atoms with Crippen LogP contribution in [-0.4, -0.2) is 49.9 Å². The lowest BCUT2D eigenvalue weighted by atomic mass is 9.95. The average Bonchev–Trinajstić information content (AvgIpc) is 3.06. The molecule has 2 amide bonds. The molecule has 0 saturated heterocycles. The second-order valence-electron chi connectivity index (χ2n) is 10.6. The first-order valence-electron chi connectivity index (χ1n) is 14.9. The first-order chi connectivity index (χ1) is 22.7. The predicted octanol–water partition coefficient (Wildman–Crippen LogP) is 5.70. The minimum absolute atomic E-state index is 0.140. The molecule has 5 rings (SSSR count). The fourth-order valence-corrected chi connectivity index (χ4v) is 5.54. The van der Waals surface area contributed by atoms with E-state index in [0.717, 1.165) is 15.6 Å². The number of nitrogens with zero attached hydrogens (tertiary/aromatic N) is 1. The molecule has 2 atom stereocenters. The molecule has 0 bridgehead atoms. The van der Waals surface area contributed by atoms with Crippen molar-refractivity contribution in [2.45, 2.75) is 32.7 Å². The first kappa shape index (κ1) is 33.3. The molecule has 0 saturated carbocycles. The molecule has 1 aliphatic rings. The van der Waals surface area contributed by atoms with Crippen LogP contribution in [0.1, 0.15) is 36.6 Å². The number of fused-ring (bicyclic) bond motifs is 1. The molecule has 0 spiro atoms. The molecule has 4 aromatic rings. The normalized spacial score (nSPS) is 15.2. The number of urea groups is 1. The number of hydrogen-bond donors (Lipinski definition) is 4. The topological polar surface area (TPSA) is 140 Å². The Morgan fingerprint density at radius 2 is 1.79 bits per heavy atom. The Morgan fingerprint density at radius 3 is 2.55 bits per heavy atom. The number of halogens is 1. The molecule has 0 unspecified atom stereocenters. The summed E-state index contributed by atoms with van der Waals surface area (Å²) in [4.78, 5) is 24.6. The fraction of sp³-hybridized carbons (Fsp3) is 0.229. The second kappa shape index (κ2) is 15.5. The van der Waals surface area contributed by atoms with Gasteiger partial charge in [0.05, 0.1) is 36.0 Å². The highest BCUT2D eigenvalue weighted by Crippen LogP contribution is 2.35. The highest BCUT2D eigenvalue weighted by atomic mass is 79.9. The first-order valence-corrected chi connectivity index (χ1v) is 15.7. The Hall–Kier alpha value is -5.07. The van der Waals surface area contributed by atoms with Crippen molar-refractivity contribution >= 4 is 44.9 Å². The molecule has 47 heavy (non-hydrogen) atoms. The van der Waals surface area contributed by atoms with Gasteiger partial charge in [-0.05, 0) is 93.6 Å². The SMILES string of the molecule is CCOc1cc([C@@H]2NC(=O)NC(C)=C2C(=O)OC)ccc1OC[C@H](O)N/N=C\c1ccc(OCc2ccc3ccccc3c2)c(Br)c1. The number of aliphatic hydroxyl groups is 1. The number of hydrazone groups is 1. The van der Waals surface area contributed by atoms with Gasteiger partial charge in [0.1, 0.15) is 19.0 Å². The standard InChI is InChI=1S/C35H35BrN4O7/c1-4-45-30-17-26(33-32(34(42)44-3)21(2)38-35(43)39-33)12-14-29(30)47-20-31(41)40-37-18-22-10-13-28(27(36)16-22)46-19-23-9-11-24-7-5-6-8-25(24)15-23/h5-18,31,33,40-41H,4,19-20H2,1-3H3,(H2,38,39,43)/b37-18-/t31-,33-/m0/s1. The maximum Gasteiger partial charge on any atom is 0.337 e. The van der Waals surface area contributed by atoms with E-state index in [2.05, 4.69) is 67.4 Å². The lowest BCUT2D eigenvalue weighted by Gasteiger charge is -2.28. The molecule has 0 aliphatic carbocycles. The number of ether oxygens (including phenoxy) is 4. The summed E-state index contributed by atoms with van der Waals surface area (Å²) in [6.45, 7) is 4.08. The molecule has 4 N–H and O–H groups in total. The third-order valence-corrected chi connectivity index (χ3v) is 7.89. The zero-order valence-electron chi connectivity index (χ0n) is 26.1. The number of amides is 2. The van der Waals surface area contributed by atoms with E-state index in [9.17, 15) is 14.7 Å². The molecule has 0 aromatic heterocycles. The third kappa shape index (κ3) is 8.40. The van der Waals surface area contributed by atoms with E-state index in [1.54, 1.807) is 31.3 Å². The number of rotatable bonds is 13. The summed E-state index contributed by atoms with van der Waals surface area (Å²) in [6, 6.07) is 23.9. The zero-order chi connectivity index (χ0) is 33.3. The van der Waals surface area contributed by atoms with E-state index in [1.165, 1.54) is 17.9 Å². The van der Waals surface area contributed by atoms with Crippen LogP contribution in [0.3, 0.4) is 0 Å². The Kier molecular flexibility index (Phi) is 11.0. The van der Waals surface area contributed by atoms with E-state index in [1.807, 2.05) is 37.3 Å². The maximum absolute atomic E-state index is 12.5. The monoisotopic (exact) mass is 702 g/mol. The molecule has 12 heteroatoms. The van der Waals surface area contributed by atoms with Gasteiger partial charge in [0, 0.05) is 5.70 Å². The van der Waals surface area contributed by atoms with E-state index < -0.39 is 24.3 Å². The number of aliphatic hydroxyl groups excluding tert-OH is 1. The van der Waals surface area contributed by atoms with E-state index in [0.29, 0.717) is 41.7 Å². The zero-order valence-corrected chi connectivity index (χ0v) is 27.7. The van der Waals surface area contributed by atoms with Crippen LogP contribution in [0.2, 0.25) is 0 Å². The van der Waals surface area contributed by atoms with Gasteiger partial charge in [-0.25, -0.2) is 9.59 Å². The summed E-state index contributed by atoms with van der Waals surface area (Å²) in [5, 5.41) is 22.3. The second-order valence-corrected chi connectivity index (χ2v) is 11.4. The number of esters is 1. The van der Waals surface area contributed by atoms with Gasteiger partial charge in [-0.15, -0.1) is 0 Å². The van der Waals surface area contributed by atoms with Gasteiger partial charge in [-0.3, -0.25) is 5.43 Å². The van der Waals surface area contributed by atoms with Crippen LogP contribution in [-0.2, 0) is 16.1 Å². The summed E-state index contributed by atoms with van der Waals surface area (Å²) in [6.07, 6.45) is 0.442. The molecule has 0 fully saturated rings. The smallest absolute Gasteiger partial charge is 0.337 e. The Morgan fingerprint density at radius 1 is 1.00 bits per heavy atom. The summed E-state index contributed by atoms with van der Waals surface area (Å²) in [5.74, 6) is 0.872. The highest BCUT2D eigenvalue weighted by Gasteiger charge is 2.32. The molecule has 1 heterocycles. The Balaban J connectivity index is 1.16. The van der Waals surface area contributed by atoms with Crippen molar-refractivity contribution in [2.24, 2.45) is 5.10 Å². The van der Waals surface area contributed by atoms with Gasteiger partial charge in [-0.2, -0.15) is 5.10 Å². The van der Waals surface area contributed by atoms with E-state index >= 15 is 0 Å². The minimum Gasteiger partial charge on any atom is -0.490 e. The van der Waals surface area contributed by atoms with Gasteiger partial charge in [0.2, 0.25) is 0 Å². The van der Waals surface area contributed by atoms with Gasteiger partial charge >= 0.3 is 12.0 Å². The van der Waals surface area contributed by atoms with Gasteiger partial charge in [0.25, 0.3) is 0 Å². The van der Waals surface area contributed by atoms with Crippen LogP contribution >= 0.6 is 15.9 Å². The fourth-order valence-electron chi connectivity index (χ4n) is 5.02. The average molecular weight is 704 g/mol. The molecule has 244 valence electrons.